The largest absolute Gasteiger partial charge is 0.504 e. The van der Waals surface area contributed by atoms with Gasteiger partial charge < -0.3 is 19.9 Å². The fourth-order valence-corrected chi connectivity index (χ4v) is 3.06. The molecule has 3 rings (SSSR count). The molecule has 0 atom stereocenters. The van der Waals surface area contributed by atoms with Crippen molar-refractivity contribution in [2.45, 2.75) is 13.8 Å². The van der Waals surface area contributed by atoms with Crippen LogP contribution in [0.15, 0.2) is 65.8 Å². The first-order chi connectivity index (χ1) is 16.4. The van der Waals surface area contributed by atoms with E-state index < -0.39 is 5.91 Å². The fraction of sp³-hybridized carbons (Fsp3) is 0.160. The Balaban J connectivity index is 1.48. The summed E-state index contributed by atoms with van der Waals surface area (Å²) in [6.07, 6.45) is 1.43. The molecule has 0 aliphatic heterocycles. The Hall–Kier alpha value is -4.04. The summed E-state index contributed by atoms with van der Waals surface area (Å²) in [6, 6.07) is 16.4. The van der Waals surface area contributed by atoms with Gasteiger partial charge in [0.15, 0.2) is 18.1 Å². The van der Waals surface area contributed by atoms with Crippen molar-refractivity contribution in [3.63, 3.8) is 0 Å². The second-order valence-electron chi connectivity index (χ2n) is 7.13. The first kappa shape index (κ1) is 24.6. The van der Waals surface area contributed by atoms with Gasteiger partial charge in [-0.05, 0) is 79.6 Å². The van der Waals surface area contributed by atoms with Crippen LogP contribution in [0.2, 0.25) is 5.02 Å². The molecule has 0 fully saturated rings. The zero-order valence-corrected chi connectivity index (χ0v) is 19.4. The number of ether oxygens (including phenoxy) is 2. The van der Waals surface area contributed by atoms with Gasteiger partial charge in [-0.1, -0.05) is 17.7 Å². The number of nitrogens with zero attached hydrogens (tertiary/aromatic N) is 1. The summed E-state index contributed by atoms with van der Waals surface area (Å²) in [4.78, 5) is 24.4. The molecule has 0 saturated carbocycles. The Labute approximate surface area is 202 Å². The van der Waals surface area contributed by atoms with Gasteiger partial charge in [0, 0.05) is 16.3 Å². The Bertz CT molecular complexity index is 1200. The third-order valence-electron chi connectivity index (χ3n) is 4.69. The minimum Gasteiger partial charge on any atom is -0.504 e. The van der Waals surface area contributed by atoms with Crippen molar-refractivity contribution < 1.29 is 24.2 Å². The predicted octanol–water partition coefficient (Wildman–Crippen LogP) is 4.53. The van der Waals surface area contributed by atoms with E-state index in [0.717, 1.165) is 5.56 Å². The van der Waals surface area contributed by atoms with E-state index in [1.807, 2.05) is 13.8 Å². The van der Waals surface area contributed by atoms with Gasteiger partial charge in [-0.25, -0.2) is 5.43 Å². The van der Waals surface area contributed by atoms with Crippen LogP contribution in [0.3, 0.4) is 0 Å². The maximum Gasteiger partial charge on any atom is 0.277 e. The van der Waals surface area contributed by atoms with Crippen LogP contribution in [0.1, 0.15) is 28.4 Å². The van der Waals surface area contributed by atoms with Crippen LogP contribution >= 0.6 is 11.6 Å². The maximum absolute atomic E-state index is 12.5. The smallest absolute Gasteiger partial charge is 0.277 e. The summed E-state index contributed by atoms with van der Waals surface area (Å²) < 4.78 is 10.7. The van der Waals surface area contributed by atoms with Crippen LogP contribution in [0, 0.1) is 6.92 Å². The number of hydrazone groups is 1. The topological polar surface area (TPSA) is 109 Å². The first-order valence-corrected chi connectivity index (χ1v) is 10.8. The van der Waals surface area contributed by atoms with Gasteiger partial charge in [-0.2, -0.15) is 5.10 Å². The minimum atomic E-state index is -0.460. The van der Waals surface area contributed by atoms with Crippen molar-refractivity contribution in [3.8, 4) is 17.2 Å². The molecule has 0 spiro atoms. The number of amides is 2. The van der Waals surface area contributed by atoms with Gasteiger partial charge in [-0.3, -0.25) is 9.59 Å². The fourth-order valence-electron chi connectivity index (χ4n) is 2.88. The molecular weight excluding hydrogens is 458 g/mol. The Morgan fingerprint density at radius 1 is 1.09 bits per heavy atom. The zero-order valence-electron chi connectivity index (χ0n) is 18.7. The lowest BCUT2D eigenvalue weighted by atomic mass is 10.1. The Morgan fingerprint density at radius 2 is 1.85 bits per heavy atom. The molecule has 0 aliphatic carbocycles. The molecular formula is C25H24ClN3O5. The summed E-state index contributed by atoms with van der Waals surface area (Å²) in [5.41, 5.74) is 4.86. The lowest BCUT2D eigenvalue weighted by molar-refractivity contribution is -0.123. The van der Waals surface area contributed by atoms with Gasteiger partial charge in [0.1, 0.15) is 5.75 Å². The summed E-state index contributed by atoms with van der Waals surface area (Å²) in [7, 11) is 0. The van der Waals surface area contributed by atoms with Crippen molar-refractivity contribution in [3.05, 3.63) is 82.4 Å². The highest BCUT2D eigenvalue weighted by atomic mass is 35.5. The molecule has 0 aliphatic rings. The van der Waals surface area contributed by atoms with E-state index in [4.69, 9.17) is 21.1 Å². The van der Waals surface area contributed by atoms with Crippen LogP contribution in [0.5, 0.6) is 17.2 Å². The number of anilines is 1. The molecule has 0 saturated heterocycles. The third-order valence-corrected chi connectivity index (χ3v) is 5.10. The molecule has 0 bridgehead atoms. The lowest BCUT2D eigenvalue weighted by Gasteiger charge is -2.10. The second-order valence-corrected chi connectivity index (χ2v) is 7.54. The summed E-state index contributed by atoms with van der Waals surface area (Å²) in [5.74, 6) is 0.0407. The molecule has 176 valence electrons. The van der Waals surface area contributed by atoms with Gasteiger partial charge in [-0.15, -0.1) is 0 Å². The van der Waals surface area contributed by atoms with Gasteiger partial charge in [0.2, 0.25) is 0 Å². The highest BCUT2D eigenvalue weighted by molar-refractivity contribution is 6.31. The molecule has 3 aromatic rings. The number of phenolic OH excluding ortho intramolecular Hbond substituents is 1. The van der Waals surface area contributed by atoms with E-state index >= 15 is 0 Å². The number of hydrogen-bond donors (Lipinski definition) is 3. The van der Waals surface area contributed by atoms with E-state index in [-0.39, 0.29) is 18.3 Å². The number of benzene rings is 3. The number of phenols is 1. The molecule has 34 heavy (non-hydrogen) atoms. The quantitative estimate of drug-likeness (QED) is 0.307. The van der Waals surface area contributed by atoms with Crippen molar-refractivity contribution in [2.75, 3.05) is 18.5 Å². The number of rotatable bonds is 9. The van der Waals surface area contributed by atoms with Crippen LogP contribution in [0.25, 0.3) is 0 Å². The summed E-state index contributed by atoms with van der Waals surface area (Å²) >= 11 is 6.09. The number of carbonyl (C=O) groups is 2. The minimum absolute atomic E-state index is 0.0273. The van der Waals surface area contributed by atoms with E-state index in [1.165, 1.54) is 12.3 Å². The number of aromatic hydroxyl groups is 1. The van der Waals surface area contributed by atoms with Gasteiger partial charge >= 0.3 is 0 Å². The van der Waals surface area contributed by atoms with Gasteiger partial charge in [0.25, 0.3) is 11.8 Å². The normalized spacial score (nSPS) is 10.7. The number of hydrogen-bond acceptors (Lipinski definition) is 6. The lowest BCUT2D eigenvalue weighted by Crippen LogP contribution is -2.24. The van der Waals surface area contributed by atoms with Gasteiger partial charge in [0.05, 0.1) is 12.8 Å². The molecule has 0 radical (unpaired) electrons. The summed E-state index contributed by atoms with van der Waals surface area (Å²) in [5, 5.41) is 17.0. The molecule has 0 aromatic heterocycles. The molecule has 8 nitrogen and oxygen atoms in total. The number of nitrogens with one attached hydrogen (secondary N) is 2. The number of halogens is 1. The van der Waals surface area contributed by atoms with Crippen LogP contribution in [-0.4, -0.2) is 36.3 Å². The van der Waals surface area contributed by atoms with E-state index in [9.17, 15) is 14.7 Å². The standard InChI is InChI=1S/C25H24ClN3O5/c1-3-33-23-13-17(7-12-22(23)30)14-27-29-24(31)15-34-19-10-8-18(9-11-19)25(32)28-21-6-4-5-20(26)16(21)2/h4-14,30H,3,15H2,1-2H3,(H,28,32)(H,29,31). The predicted molar refractivity (Wildman–Crippen MR) is 131 cm³/mol. The zero-order chi connectivity index (χ0) is 24.5. The maximum atomic E-state index is 12.5. The highest BCUT2D eigenvalue weighted by Crippen LogP contribution is 2.26. The highest BCUT2D eigenvalue weighted by Gasteiger charge is 2.10. The third kappa shape index (κ3) is 6.73. The van der Waals surface area contributed by atoms with E-state index in [1.54, 1.807) is 54.6 Å². The molecule has 2 amide bonds. The average molecular weight is 482 g/mol. The van der Waals surface area contributed by atoms with Crippen molar-refractivity contribution >= 4 is 35.3 Å². The van der Waals surface area contributed by atoms with Crippen LogP contribution in [0.4, 0.5) is 5.69 Å². The molecule has 3 aromatic carbocycles. The molecule has 3 N–H and O–H groups in total. The second kappa shape index (κ2) is 11.7. The molecule has 0 unspecified atom stereocenters. The number of carbonyl (C=O) groups excluding carboxylic acids is 2. The molecule has 9 heteroatoms. The van der Waals surface area contributed by atoms with E-state index in [2.05, 4.69) is 15.8 Å². The monoisotopic (exact) mass is 481 g/mol. The Kier molecular flexibility index (Phi) is 8.48. The van der Waals surface area contributed by atoms with Crippen molar-refractivity contribution in [1.29, 1.82) is 0 Å². The van der Waals surface area contributed by atoms with E-state index in [0.29, 0.717) is 39.9 Å². The average Bonchev–Trinajstić information content (AvgIpc) is 2.83. The SMILES string of the molecule is CCOc1cc(C=NNC(=O)COc2ccc(C(=O)Nc3cccc(Cl)c3C)cc2)ccc1O. The summed E-state index contributed by atoms with van der Waals surface area (Å²) in [6.45, 7) is 3.79. The van der Waals surface area contributed by atoms with Crippen LogP contribution < -0.4 is 20.2 Å². The van der Waals surface area contributed by atoms with Crippen molar-refractivity contribution in [2.24, 2.45) is 5.10 Å². The van der Waals surface area contributed by atoms with Crippen molar-refractivity contribution in [1.82, 2.24) is 5.43 Å². The molecule has 0 heterocycles. The first-order valence-electron chi connectivity index (χ1n) is 10.4. The Morgan fingerprint density at radius 3 is 2.59 bits per heavy atom. The van der Waals surface area contributed by atoms with Crippen LogP contribution in [-0.2, 0) is 4.79 Å².